The third-order valence-corrected chi connectivity index (χ3v) is 4.99. The van der Waals surface area contributed by atoms with Crippen LogP contribution in [0, 0.1) is 23.7 Å². The Morgan fingerprint density at radius 1 is 1.17 bits per heavy atom. The summed E-state index contributed by atoms with van der Waals surface area (Å²) < 4.78 is 0. The minimum absolute atomic E-state index is 0.172. The topological polar surface area (TPSA) is 41.5 Å². The predicted molar refractivity (Wildman–Crippen MR) is 101 cm³/mol. The molecule has 4 unspecified atom stereocenters. The van der Waals surface area contributed by atoms with Crippen molar-refractivity contribution in [3.8, 4) is 0 Å². The van der Waals surface area contributed by atoms with Gasteiger partial charge in [-0.15, -0.1) is 0 Å². The first-order valence-electron chi connectivity index (χ1n) is 8.62. The monoisotopic (exact) mass is 324 g/mol. The lowest BCUT2D eigenvalue weighted by Gasteiger charge is -2.36. The van der Waals surface area contributed by atoms with E-state index in [2.05, 4.69) is 57.3 Å². The summed E-state index contributed by atoms with van der Waals surface area (Å²) in [7, 11) is 0. The fourth-order valence-electron chi connectivity index (χ4n) is 3.28. The van der Waals surface area contributed by atoms with Crippen LogP contribution in [-0.4, -0.2) is 12.1 Å². The average molecular weight is 324 g/mol. The van der Waals surface area contributed by atoms with Gasteiger partial charge < -0.3 is 0 Å². The summed E-state index contributed by atoms with van der Waals surface area (Å²) in [6, 6.07) is 9.16. The Hall–Kier alpha value is -2.16. The molecular weight excluding hydrogens is 296 g/mol. The molecule has 0 saturated heterocycles. The lowest BCUT2D eigenvalue weighted by atomic mass is 9.69. The molecule has 1 N–H and O–H groups in total. The van der Waals surface area contributed by atoms with Crippen LogP contribution in [0.2, 0.25) is 0 Å². The molecule has 1 aliphatic rings. The fraction of sp³-hybridized carbons (Fsp3) is 0.429. The van der Waals surface area contributed by atoms with E-state index in [1.807, 2.05) is 24.4 Å². The summed E-state index contributed by atoms with van der Waals surface area (Å²) in [6.45, 7) is 11.0. The minimum Gasteiger partial charge on any atom is -0.267 e. The number of benzene rings is 1. The van der Waals surface area contributed by atoms with Gasteiger partial charge in [-0.3, -0.25) is 4.79 Å². The van der Waals surface area contributed by atoms with E-state index in [1.165, 1.54) is 11.1 Å². The minimum atomic E-state index is -0.172. The van der Waals surface area contributed by atoms with Crippen LogP contribution in [-0.2, 0) is 0 Å². The van der Waals surface area contributed by atoms with Crippen LogP contribution in [0.4, 0.5) is 0 Å². The summed E-state index contributed by atoms with van der Waals surface area (Å²) in [4.78, 5) is 12.1. The molecular formula is C21H28N2O. The summed E-state index contributed by atoms with van der Waals surface area (Å²) in [5, 5.41) is 4.26. The lowest BCUT2D eigenvalue weighted by Crippen LogP contribution is -2.32. The lowest BCUT2D eigenvalue weighted by molar-refractivity contribution is 0.0954. The highest BCUT2D eigenvalue weighted by Crippen LogP contribution is 2.38. The van der Waals surface area contributed by atoms with Gasteiger partial charge in [-0.1, -0.05) is 55.3 Å². The van der Waals surface area contributed by atoms with Crippen LogP contribution in [0.15, 0.2) is 58.7 Å². The molecule has 4 atom stereocenters. The van der Waals surface area contributed by atoms with Gasteiger partial charge in [0.15, 0.2) is 0 Å². The smallest absolute Gasteiger partial charge is 0.267 e. The Morgan fingerprint density at radius 3 is 2.46 bits per heavy atom. The van der Waals surface area contributed by atoms with Gasteiger partial charge in [0.2, 0.25) is 0 Å². The zero-order chi connectivity index (χ0) is 17.7. The number of carbonyl (C=O) groups is 1. The van der Waals surface area contributed by atoms with Gasteiger partial charge in [0, 0.05) is 23.6 Å². The highest BCUT2D eigenvalue weighted by Gasteiger charge is 2.31. The normalized spacial score (nSPS) is 26.8. The molecule has 0 aromatic heterocycles. The van der Waals surface area contributed by atoms with Crippen molar-refractivity contribution in [2.75, 3.05) is 0 Å². The average Bonchev–Trinajstić information content (AvgIpc) is 2.56. The van der Waals surface area contributed by atoms with Crippen molar-refractivity contribution < 1.29 is 4.79 Å². The Kier molecular flexibility index (Phi) is 6.13. The van der Waals surface area contributed by atoms with Crippen molar-refractivity contribution in [1.82, 2.24) is 5.43 Å². The molecule has 1 aromatic carbocycles. The second-order valence-corrected chi connectivity index (χ2v) is 7.04. The molecule has 24 heavy (non-hydrogen) atoms. The van der Waals surface area contributed by atoms with Gasteiger partial charge in [-0.2, -0.15) is 5.10 Å². The summed E-state index contributed by atoms with van der Waals surface area (Å²) in [6.07, 6.45) is 6.55. The fourth-order valence-corrected chi connectivity index (χ4v) is 3.28. The van der Waals surface area contributed by atoms with Crippen LogP contribution in [0.25, 0.3) is 0 Å². The number of nitrogens with zero attached hydrogens (tertiary/aromatic N) is 1. The number of hydrazone groups is 1. The van der Waals surface area contributed by atoms with Crippen LogP contribution < -0.4 is 5.43 Å². The number of amides is 1. The zero-order valence-electron chi connectivity index (χ0n) is 15.3. The number of hydrogen-bond acceptors (Lipinski definition) is 2. The number of carbonyl (C=O) groups excluding carboxylic acids is 1. The first-order chi connectivity index (χ1) is 11.4. The Labute approximate surface area is 145 Å². The molecule has 0 heterocycles. The van der Waals surface area contributed by atoms with Crippen molar-refractivity contribution >= 4 is 12.1 Å². The van der Waals surface area contributed by atoms with Gasteiger partial charge in [-0.05, 0) is 44.7 Å². The number of allylic oxidation sites excluding steroid dienone is 4. The van der Waals surface area contributed by atoms with Crippen molar-refractivity contribution in [3.05, 3.63) is 59.2 Å². The second kappa shape index (κ2) is 8.09. The highest BCUT2D eigenvalue weighted by atomic mass is 16.2. The van der Waals surface area contributed by atoms with E-state index in [9.17, 15) is 4.79 Å². The molecule has 1 aromatic rings. The van der Waals surface area contributed by atoms with Gasteiger partial charge >= 0.3 is 0 Å². The quantitative estimate of drug-likeness (QED) is 0.481. The van der Waals surface area contributed by atoms with Crippen molar-refractivity contribution in [2.45, 2.75) is 34.6 Å². The van der Waals surface area contributed by atoms with Gasteiger partial charge in [0.25, 0.3) is 5.91 Å². The van der Waals surface area contributed by atoms with Crippen molar-refractivity contribution in [2.24, 2.45) is 28.8 Å². The largest absolute Gasteiger partial charge is 0.271 e. The van der Waals surface area contributed by atoms with Gasteiger partial charge in [0.05, 0.1) is 0 Å². The molecule has 0 radical (unpaired) electrons. The highest BCUT2D eigenvalue weighted by molar-refractivity contribution is 5.94. The van der Waals surface area contributed by atoms with E-state index < -0.39 is 0 Å². The number of rotatable bonds is 4. The van der Waals surface area contributed by atoms with Gasteiger partial charge in [-0.25, -0.2) is 5.43 Å². The van der Waals surface area contributed by atoms with E-state index in [0.717, 1.165) is 0 Å². The molecule has 0 saturated carbocycles. The van der Waals surface area contributed by atoms with E-state index >= 15 is 0 Å². The van der Waals surface area contributed by atoms with E-state index in [4.69, 9.17) is 0 Å². The maximum absolute atomic E-state index is 12.1. The summed E-state index contributed by atoms with van der Waals surface area (Å²) >= 11 is 0. The Bertz CT molecular complexity index is 654. The van der Waals surface area contributed by atoms with Crippen LogP contribution in [0.1, 0.15) is 45.0 Å². The number of hydrogen-bond donors (Lipinski definition) is 1. The molecule has 0 aliphatic heterocycles. The first kappa shape index (κ1) is 18.2. The molecule has 1 aliphatic carbocycles. The molecule has 128 valence electrons. The molecule has 0 bridgehead atoms. The zero-order valence-corrected chi connectivity index (χ0v) is 15.3. The van der Waals surface area contributed by atoms with Crippen molar-refractivity contribution in [3.63, 3.8) is 0 Å². The van der Waals surface area contributed by atoms with Crippen molar-refractivity contribution in [1.29, 1.82) is 0 Å². The van der Waals surface area contributed by atoms with Gasteiger partial charge in [0.1, 0.15) is 0 Å². The summed E-state index contributed by atoms with van der Waals surface area (Å²) in [5.74, 6) is 1.45. The van der Waals surface area contributed by atoms with Crippen LogP contribution >= 0.6 is 0 Å². The van der Waals surface area contributed by atoms with E-state index in [-0.39, 0.29) is 11.8 Å². The molecule has 3 heteroatoms. The maximum Gasteiger partial charge on any atom is 0.271 e. The Morgan fingerprint density at radius 2 is 1.83 bits per heavy atom. The third-order valence-electron chi connectivity index (χ3n) is 4.99. The Balaban J connectivity index is 2.13. The predicted octanol–water partition coefficient (Wildman–Crippen LogP) is 4.83. The first-order valence-corrected chi connectivity index (χ1v) is 8.62. The third kappa shape index (κ3) is 4.44. The van der Waals surface area contributed by atoms with Crippen LogP contribution in [0.3, 0.4) is 0 Å². The second-order valence-electron chi connectivity index (χ2n) is 7.04. The number of nitrogens with one attached hydrogen (secondary N) is 1. The SMILES string of the molecule is CC(C)=CC1C=C(C)C(C)C(C)C1/C=N/NC(=O)c1ccccc1. The van der Waals surface area contributed by atoms with E-state index in [0.29, 0.717) is 23.3 Å². The van der Waals surface area contributed by atoms with E-state index in [1.54, 1.807) is 12.1 Å². The molecule has 0 fully saturated rings. The maximum atomic E-state index is 12.1. The molecule has 0 spiro atoms. The van der Waals surface area contributed by atoms with Crippen LogP contribution in [0.5, 0.6) is 0 Å². The molecule has 3 nitrogen and oxygen atoms in total. The summed E-state index contributed by atoms with van der Waals surface area (Å²) in [5.41, 5.74) is 6.01. The molecule has 1 amide bonds. The molecule has 2 rings (SSSR count). The standard InChI is InChI=1S/C21H28N2O/c1-14(2)11-19-12-15(3)16(4)17(5)20(19)13-22-23-21(24)18-9-7-6-8-10-18/h6-13,16-17,19-20H,1-5H3,(H,23,24)/b22-13+.